The van der Waals surface area contributed by atoms with Crippen molar-refractivity contribution >= 4 is 21.7 Å². The van der Waals surface area contributed by atoms with Crippen molar-refractivity contribution in [1.29, 1.82) is 0 Å². The Morgan fingerprint density at radius 1 is 1.38 bits per heavy atom. The van der Waals surface area contributed by atoms with Crippen LogP contribution in [0.5, 0.6) is 0 Å². The molecular formula is C14H19BrO. The number of Topliss-reactive ketones (excluding diaryl/α,β-unsaturated/α-hetero) is 1. The standard InChI is InChI=1S/C12H13BrO.C2H6/c13-11-3-1-2-10(8-11)12(14)7-6-9-4-5-9;1-2/h1-3,8-9H,4-7H2;1-2H3. The van der Waals surface area contributed by atoms with Crippen LogP contribution in [0.4, 0.5) is 0 Å². The first kappa shape index (κ1) is 13.4. The fourth-order valence-electron chi connectivity index (χ4n) is 1.55. The van der Waals surface area contributed by atoms with Gasteiger partial charge in [0.25, 0.3) is 0 Å². The number of halogens is 1. The first-order chi connectivity index (χ1) is 7.75. The third kappa shape index (κ3) is 4.48. The van der Waals surface area contributed by atoms with Gasteiger partial charge in [-0.2, -0.15) is 0 Å². The van der Waals surface area contributed by atoms with Crippen LogP contribution >= 0.6 is 15.9 Å². The molecule has 0 aliphatic heterocycles. The van der Waals surface area contributed by atoms with Crippen molar-refractivity contribution in [2.45, 2.75) is 39.5 Å². The molecule has 2 heteroatoms. The summed E-state index contributed by atoms with van der Waals surface area (Å²) < 4.78 is 0.981. The van der Waals surface area contributed by atoms with Gasteiger partial charge in [0.1, 0.15) is 0 Å². The molecule has 1 aliphatic carbocycles. The van der Waals surface area contributed by atoms with E-state index >= 15 is 0 Å². The maximum atomic E-state index is 11.7. The summed E-state index contributed by atoms with van der Waals surface area (Å²) in [4.78, 5) is 11.7. The third-order valence-corrected chi connectivity index (χ3v) is 3.12. The predicted molar refractivity (Wildman–Crippen MR) is 71.8 cm³/mol. The van der Waals surface area contributed by atoms with Crippen LogP contribution in [-0.2, 0) is 0 Å². The molecule has 0 heterocycles. The van der Waals surface area contributed by atoms with Crippen molar-refractivity contribution < 1.29 is 4.79 Å². The number of benzene rings is 1. The van der Waals surface area contributed by atoms with Gasteiger partial charge in [-0.1, -0.05) is 54.8 Å². The summed E-state index contributed by atoms with van der Waals surface area (Å²) in [6, 6.07) is 7.64. The smallest absolute Gasteiger partial charge is 0.162 e. The second-order valence-electron chi connectivity index (χ2n) is 3.92. The van der Waals surface area contributed by atoms with Crippen LogP contribution < -0.4 is 0 Å². The van der Waals surface area contributed by atoms with Gasteiger partial charge in [-0.15, -0.1) is 0 Å². The minimum atomic E-state index is 0.276. The normalized spacial score (nSPS) is 13.9. The summed E-state index contributed by atoms with van der Waals surface area (Å²) >= 11 is 3.37. The largest absolute Gasteiger partial charge is 0.294 e. The first-order valence-corrected chi connectivity index (χ1v) is 6.84. The lowest BCUT2D eigenvalue weighted by molar-refractivity contribution is 0.0978. The zero-order valence-corrected chi connectivity index (χ0v) is 11.6. The number of carbonyl (C=O) groups is 1. The maximum Gasteiger partial charge on any atom is 0.162 e. The number of ketones is 1. The molecule has 0 unspecified atom stereocenters. The Hall–Kier alpha value is -0.630. The molecule has 1 saturated carbocycles. The van der Waals surface area contributed by atoms with E-state index in [9.17, 15) is 4.79 Å². The number of hydrogen-bond acceptors (Lipinski definition) is 1. The lowest BCUT2D eigenvalue weighted by atomic mass is 10.1. The van der Waals surface area contributed by atoms with Crippen molar-refractivity contribution in [2.24, 2.45) is 5.92 Å². The van der Waals surface area contributed by atoms with Crippen LogP contribution in [0.25, 0.3) is 0 Å². The lowest BCUT2D eigenvalue weighted by Crippen LogP contribution is -1.99. The first-order valence-electron chi connectivity index (χ1n) is 6.04. The Morgan fingerprint density at radius 3 is 2.62 bits per heavy atom. The van der Waals surface area contributed by atoms with Crippen LogP contribution in [-0.4, -0.2) is 5.78 Å². The molecule has 1 aliphatic rings. The second kappa shape index (κ2) is 6.85. The van der Waals surface area contributed by atoms with E-state index in [1.807, 2.05) is 38.1 Å². The molecule has 1 aromatic rings. The molecule has 1 fully saturated rings. The van der Waals surface area contributed by atoms with Crippen LogP contribution in [0, 0.1) is 5.92 Å². The Morgan fingerprint density at radius 2 is 2.06 bits per heavy atom. The molecule has 1 nitrogen and oxygen atoms in total. The average Bonchev–Trinajstić information content (AvgIpc) is 3.12. The van der Waals surface area contributed by atoms with Gasteiger partial charge in [0.15, 0.2) is 5.78 Å². The van der Waals surface area contributed by atoms with Gasteiger partial charge >= 0.3 is 0 Å². The van der Waals surface area contributed by atoms with Crippen molar-refractivity contribution in [3.63, 3.8) is 0 Å². The van der Waals surface area contributed by atoms with Gasteiger partial charge in [0, 0.05) is 16.5 Å². The molecule has 1 aromatic carbocycles. The van der Waals surface area contributed by atoms with Crippen LogP contribution in [0.15, 0.2) is 28.7 Å². The minimum absolute atomic E-state index is 0.276. The van der Waals surface area contributed by atoms with E-state index in [1.165, 1.54) is 12.8 Å². The van der Waals surface area contributed by atoms with E-state index in [0.29, 0.717) is 6.42 Å². The van der Waals surface area contributed by atoms with Gasteiger partial charge in [-0.3, -0.25) is 4.79 Å². The number of hydrogen-bond donors (Lipinski definition) is 0. The van der Waals surface area contributed by atoms with Crippen LogP contribution in [0.2, 0.25) is 0 Å². The summed E-state index contributed by atoms with van der Waals surface area (Å²) in [6.07, 6.45) is 4.43. The molecule has 0 N–H and O–H groups in total. The Balaban J connectivity index is 0.000000606. The molecule has 0 amide bonds. The van der Waals surface area contributed by atoms with Crippen molar-refractivity contribution in [2.75, 3.05) is 0 Å². The van der Waals surface area contributed by atoms with Gasteiger partial charge in [0.05, 0.1) is 0 Å². The lowest BCUT2D eigenvalue weighted by Gasteiger charge is -2.00. The van der Waals surface area contributed by atoms with E-state index in [1.54, 1.807) is 0 Å². The Labute approximate surface area is 106 Å². The second-order valence-corrected chi connectivity index (χ2v) is 4.83. The van der Waals surface area contributed by atoms with Crippen molar-refractivity contribution in [3.8, 4) is 0 Å². The number of rotatable bonds is 4. The van der Waals surface area contributed by atoms with Gasteiger partial charge in [0.2, 0.25) is 0 Å². The summed E-state index contributed by atoms with van der Waals surface area (Å²) in [7, 11) is 0. The predicted octanol–water partition coefficient (Wildman–Crippen LogP) is 4.85. The Bertz CT molecular complexity index is 342. The Kier molecular flexibility index (Phi) is 5.75. The topological polar surface area (TPSA) is 17.1 Å². The fraction of sp³-hybridized carbons (Fsp3) is 0.500. The van der Waals surface area contributed by atoms with Gasteiger partial charge < -0.3 is 0 Å². The van der Waals surface area contributed by atoms with Crippen molar-refractivity contribution in [3.05, 3.63) is 34.3 Å². The fourth-order valence-corrected chi connectivity index (χ4v) is 1.95. The molecule has 0 aromatic heterocycles. The summed E-state index contributed by atoms with van der Waals surface area (Å²) in [5.41, 5.74) is 0.833. The molecule has 0 spiro atoms. The highest BCUT2D eigenvalue weighted by Gasteiger charge is 2.22. The quantitative estimate of drug-likeness (QED) is 0.722. The van der Waals surface area contributed by atoms with Gasteiger partial charge in [-0.25, -0.2) is 0 Å². The molecule has 0 radical (unpaired) electrons. The average molecular weight is 283 g/mol. The highest BCUT2D eigenvalue weighted by molar-refractivity contribution is 9.10. The molecule has 16 heavy (non-hydrogen) atoms. The molecular weight excluding hydrogens is 264 g/mol. The van der Waals surface area contributed by atoms with E-state index in [2.05, 4.69) is 15.9 Å². The molecule has 0 bridgehead atoms. The molecule has 2 rings (SSSR count). The zero-order valence-electron chi connectivity index (χ0n) is 10.0. The van der Waals surface area contributed by atoms with E-state index < -0.39 is 0 Å². The van der Waals surface area contributed by atoms with E-state index in [0.717, 1.165) is 22.4 Å². The van der Waals surface area contributed by atoms with E-state index in [-0.39, 0.29) is 5.78 Å². The molecule has 0 saturated heterocycles. The highest BCUT2D eigenvalue weighted by Crippen LogP contribution is 2.33. The molecule has 0 atom stereocenters. The van der Waals surface area contributed by atoms with E-state index in [4.69, 9.17) is 0 Å². The minimum Gasteiger partial charge on any atom is -0.294 e. The summed E-state index contributed by atoms with van der Waals surface area (Å²) in [6.45, 7) is 4.00. The molecule has 88 valence electrons. The van der Waals surface area contributed by atoms with Gasteiger partial charge in [-0.05, 0) is 24.5 Å². The van der Waals surface area contributed by atoms with Crippen molar-refractivity contribution in [1.82, 2.24) is 0 Å². The SMILES string of the molecule is CC.O=C(CCC1CC1)c1cccc(Br)c1. The monoisotopic (exact) mass is 282 g/mol. The number of carbonyl (C=O) groups excluding carboxylic acids is 1. The maximum absolute atomic E-state index is 11.7. The summed E-state index contributed by atoms with van der Waals surface area (Å²) in [5, 5.41) is 0. The highest BCUT2D eigenvalue weighted by atomic mass is 79.9. The zero-order chi connectivity index (χ0) is 12.0. The van der Waals surface area contributed by atoms with Crippen LogP contribution in [0.1, 0.15) is 49.9 Å². The van der Waals surface area contributed by atoms with Crippen LogP contribution in [0.3, 0.4) is 0 Å². The summed E-state index contributed by atoms with van der Waals surface area (Å²) in [5.74, 6) is 1.12. The third-order valence-electron chi connectivity index (χ3n) is 2.62.